The van der Waals surface area contributed by atoms with Gasteiger partial charge >= 0.3 is 0 Å². The summed E-state index contributed by atoms with van der Waals surface area (Å²) in [5.41, 5.74) is 6.10. The van der Waals surface area contributed by atoms with Gasteiger partial charge < -0.3 is 11.1 Å². The maximum Gasteiger partial charge on any atom is 0.188 e. The van der Waals surface area contributed by atoms with E-state index in [1.165, 1.54) is 50.3 Å². The van der Waals surface area contributed by atoms with Crippen LogP contribution in [0.25, 0.3) is 0 Å². The predicted molar refractivity (Wildman–Crippen MR) is 75.6 cm³/mol. The zero-order valence-electron chi connectivity index (χ0n) is 10.7. The Bertz CT molecular complexity index is 268. The maximum atomic E-state index is 5.76. The van der Waals surface area contributed by atoms with E-state index in [0.29, 0.717) is 11.5 Å². The number of hydrogen-bond acceptors (Lipinski definition) is 3. The average Bonchev–Trinajstić information content (AvgIpc) is 2.87. The van der Waals surface area contributed by atoms with Crippen molar-refractivity contribution in [2.24, 2.45) is 10.7 Å². The number of nitrogens with two attached hydrogens (primary N) is 1. The molecule has 1 saturated heterocycles. The second-order valence-corrected chi connectivity index (χ2v) is 6.22. The second-order valence-electron chi connectivity index (χ2n) is 4.99. The minimum absolute atomic E-state index is 0.344. The van der Waals surface area contributed by atoms with E-state index in [2.05, 4.69) is 27.0 Å². The highest BCUT2D eigenvalue weighted by Gasteiger charge is 2.39. The summed E-state index contributed by atoms with van der Waals surface area (Å²) >= 11 is 2.07. The molecule has 0 unspecified atom stereocenters. The van der Waals surface area contributed by atoms with Gasteiger partial charge in [0.1, 0.15) is 0 Å². The Morgan fingerprint density at radius 2 is 2.00 bits per heavy atom. The smallest absolute Gasteiger partial charge is 0.188 e. The van der Waals surface area contributed by atoms with Crippen molar-refractivity contribution < 1.29 is 0 Å². The lowest BCUT2D eigenvalue weighted by Crippen LogP contribution is -2.57. The van der Waals surface area contributed by atoms with Crippen LogP contribution in [0.2, 0.25) is 0 Å². The Kier molecular flexibility index (Phi) is 4.56. The molecule has 2 aliphatic rings. The van der Waals surface area contributed by atoms with Gasteiger partial charge in [0.25, 0.3) is 0 Å². The van der Waals surface area contributed by atoms with Gasteiger partial charge in [0.15, 0.2) is 5.96 Å². The van der Waals surface area contributed by atoms with E-state index in [1.54, 1.807) is 7.05 Å². The van der Waals surface area contributed by atoms with E-state index < -0.39 is 0 Å². The van der Waals surface area contributed by atoms with Crippen LogP contribution in [0, 0.1) is 0 Å². The minimum atomic E-state index is 0.344. The van der Waals surface area contributed by atoms with Crippen LogP contribution in [-0.4, -0.2) is 54.6 Å². The Labute approximate surface area is 108 Å². The summed E-state index contributed by atoms with van der Waals surface area (Å²) in [5, 5.41) is 3.29. The standard InChI is InChI=1S/C12H24N4S/c1-14-11(13)15-10-12(4-2-3-5-12)16-6-8-17-9-7-16/h2-10H2,1H3,(H3,13,14,15). The molecule has 0 spiro atoms. The number of rotatable bonds is 3. The van der Waals surface area contributed by atoms with Gasteiger partial charge in [0, 0.05) is 43.7 Å². The fraction of sp³-hybridized carbons (Fsp3) is 0.917. The molecule has 2 rings (SSSR count). The van der Waals surface area contributed by atoms with Gasteiger partial charge in [-0.05, 0) is 12.8 Å². The van der Waals surface area contributed by atoms with Crippen LogP contribution >= 0.6 is 11.8 Å². The van der Waals surface area contributed by atoms with Crippen molar-refractivity contribution in [1.82, 2.24) is 10.2 Å². The molecule has 0 aromatic heterocycles. The highest BCUT2D eigenvalue weighted by molar-refractivity contribution is 7.99. The third-order valence-electron chi connectivity index (χ3n) is 4.06. The topological polar surface area (TPSA) is 53.6 Å². The molecule has 0 radical (unpaired) electrons. The van der Waals surface area contributed by atoms with Crippen LogP contribution in [0.1, 0.15) is 25.7 Å². The van der Waals surface area contributed by atoms with Gasteiger partial charge in [-0.1, -0.05) is 12.8 Å². The number of guanidine groups is 1. The summed E-state index contributed by atoms with van der Waals surface area (Å²) in [4.78, 5) is 6.67. The van der Waals surface area contributed by atoms with Crippen LogP contribution in [0.3, 0.4) is 0 Å². The zero-order valence-corrected chi connectivity index (χ0v) is 11.6. The highest BCUT2D eigenvalue weighted by atomic mass is 32.2. The lowest BCUT2D eigenvalue weighted by Gasteiger charge is -2.43. The van der Waals surface area contributed by atoms with Crippen molar-refractivity contribution in [2.45, 2.75) is 31.2 Å². The van der Waals surface area contributed by atoms with Crippen LogP contribution in [0.4, 0.5) is 0 Å². The van der Waals surface area contributed by atoms with Crippen LogP contribution in [-0.2, 0) is 0 Å². The molecule has 1 saturated carbocycles. The first-order valence-electron chi connectivity index (χ1n) is 6.56. The van der Waals surface area contributed by atoms with E-state index in [0.717, 1.165) is 6.54 Å². The number of hydrogen-bond donors (Lipinski definition) is 2. The van der Waals surface area contributed by atoms with Crippen molar-refractivity contribution in [1.29, 1.82) is 0 Å². The molecule has 3 N–H and O–H groups in total. The molecule has 0 aromatic carbocycles. The lowest BCUT2D eigenvalue weighted by molar-refractivity contribution is 0.107. The lowest BCUT2D eigenvalue weighted by atomic mass is 9.94. The van der Waals surface area contributed by atoms with E-state index in [1.807, 2.05) is 0 Å². The molecule has 2 fully saturated rings. The molecule has 1 heterocycles. The zero-order chi connectivity index (χ0) is 12.1. The third kappa shape index (κ3) is 3.07. The van der Waals surface area contributed by atoms with E-state index in [4.69, 9.17) is 5.73 Å². The van der Waals surface area contributed by atoms with E-state index in [9.17, 15) is 0 Å². The average molecular weight is 256 g/mol. The van der Waals surface area contributed by atoms with Gasteiger partial charge in [-0.15, -0.1) is 0 Å². The van der Waals surface area contributed by atoms with Crippen molar-refractivity contribution in [3.05, 3.63) is 0 Å². The SMILES string of the molecule is CN=C(N)NCC1(N2CCSCC2)CCCC1. The van der Waals surface area contributed by atoms with Gasteiger partial charge in [0.05, 0.1) is 0 Å². The van der Waals surface area contributed by atoms with Crippen LogP contribution in [0.15, 0.2) is 4.99 Å². The molecule has 0 amide bonds. The number of nitrogens with zero attached hydrogens (tertiary/aromatic N) is 2. The molecule has 0 aromatic rings. The first kappa shape index (κ1) is 13.0. The Hall–Kier alpha value is -0.420. The fourth-order valence-corrected chi connectivity index (χ4v) is 3.91. The molecule has 1 aliphatic heterocycles. The largest absolute Gasteiger partial charge is 0.370 e. The quantitative estimate of drug-likeness (QED) is 0.581. The van der Waals surface area contributed by atoms with Crippen LogP contribution in [0.5, 0.6) is 0 Å². The van der Waals surface area contributed by atoms with E-state index in [-0.39, 0.29) is 0 Å². The monoisotopic (exact) mass is 256 g/mol. The molecule has 4 nitrogen and oxygen atoms in total. The summed E-state index contributed by atoms with van der Waals surface area (Å²) in [6, 6.07) is 0. The van der Waals surface area contributed by atoms with Gasteiger partial charge in [0.2, 0.25) is 0 Å². The summed E-state index contributed by atoms with van der Waals surface area (Å²) < 4.78 is 0. The van der Waals surface area contributed by atoms with Crippen molar-refractivity contribution in [2.75, 3.05) is 38.2 Å². The predicted octanol–water partition coefficient (Wildman–Crippen LogP) is 0.882. The number of thioether (sulfide) groups is 1. The summed E-state index contributed by atoms with van der Waals surface area (Å²) in [5.74, 6) is 3.13. The Morgan fingerprint density at radius 3 is 2.59 bits per heavy atom. The van der Waals surface area contributed by atoms with Crippen molar-refractivity contribution >= 4 is 17.7 Å². The summed E-state index contributed by atoms with van der Waals surface area (Å²) in [6.45, 7) is 3.42. The molecule has 5 heteroatoms. The van der Waals surface area contributed by atoms with Crippen molar-refractivity contribution in [3.63, 3.8) is 0 Å². The summed E-state index contributed by atoms with van der Waals surface area (Å²) in [6.07, 6.45) is 5.33. The Morgan fingerprint density at radius 1 is 1.35 bits per heavy atom. The van der Waals surface area contributed by atoms with Gasteiger partial charge in [-0.2, -0.15) is 11.8 Å². The first-order valence-corrected chi connectivity index (χ1v) is 7.71. The van der Waals surface area contributed by atoms with Gasteiger partial charge in [-0.3, -0.25) is 9.89 Å². The third-order valence-corrected chi connectivity index (χ3v) is 5.00. The van der Waals surface area contributed by atoms with Crippen LogP contribution < -0.4 is 11.1 Å². The highest BCUT2D eigenvalue weighted by Crippen LogP contribution is 2.36. The number of aliphatic imine (C=N–C) groups is 1. The van der Waals surface area contributed by atoms with E-state index >= 15 is 0 Å². The number of nitrogens with one attached hydrogen (secondary N) is 1. The molecule has 0 atom stereocenters. The van der Waals surface area contributed by atoms with Crippen molar-refractivity contribution in [3.8, 4) is 0 Å². The molecule has 17 heavy (non-hydrogen) atoms. The first-order chi connectivity index (χ1) is 8.27. The maximum absolute atomic E-state index is 5.76. The molecular formula is C12H24N4S. The molecular weight excluding hydrogens is 232 g/mol. The fourth-order valence-electron chi connectivity index (χ4n) is 3.01. The molecule has 1 aliphatic carbocycles. The second kappa shape index (κ2) is 5.96. The molecule has 0 bridgehead atoms. The summed E-state index contributed by atoms with van der Waals surface area (Å²) in [7, 11) is 1.74. The van der Waals surface area contributed by atoms with Gasteiger partial charge in [-0.25, -0.2) is 0 Å². The molecule has 98 valence electrons. The minimum Gasteiger partial charge on any atom is -0.370 e. The Balaban J connectivity index is 1.98. The normalized spacial score (nSPS) is 26.1.